The zero-order chi connectivity index (χ0) is 20.1. The van der Waals surface area contributed by atoms with Crippen molar-refractivity contribution in [3.05, 3.63) is 89.6 Å². The minimum atomic E-state index is 0.145. The Labute approximate surface area is 173 Å². The van der Waals surface area contributed by atoms with Crippen molar-refractivity contribution in [3.8, 4) is 0 Å². The van der Waals surface area contributed by atoms with Crippen LogP contribution in [0.2, 0.25) is 0 Å². The summed E-state index contributed by atoms with van der Waals surface area (Å²) in [6, 6.07) is 23.1. The Morgan fingerprint density at radius 2 is 1.83 bits per heavy atom. The average Bonchev–Trinajstić information content (AvgIpc) is 2.76. The molecule has 0 aliphatic carbocycles. The van der Waals surface area contributed by atoms with E-state index in [9.17, 15) is 0 Å². The van der Waals surface area contributed by atoms with E-state index in [2.05, 4.69) is 89.7 Å². The molecule has 4 rings (SSSR count). The molecule has 1 saturated heterocycles. The second kappa shape index (κ2) is 9.21. The Bertz CT molecular complexity index is 909. The van der Waals surface area contributed by atoms with E-state index in [0.717, 1.165) is 37.7 Å². The number of para-hydroxylation sites is 1. The molecule has 0 bridgehead atoms. The Hall–Kier alpha value is -2.69. The van der Waals surface area contributed by atoms with Gasteiger partial charge in [-0.2, -0.15) is 0 Å². The minimum Gasteiger partial charge on any atom is -0.371 e. The first-order chi connectivity index (χ1) is 14.2. The zero-order valence-electron chi connectivity index (χ0n) is 17.2. The molecule has 0 radical (unpaired) electrons. The van der Waals surface area contributed by atoms with Crippen LogP contribution in [0.5, 0.6) is 0 Å². The van der Waals surface area contributed by atoms with Crippen molar-refractivity contribution < 1.29 is 4.74 Å². The molecule has 1 N–H and O–H groups in total. The van der Waals surface area contributed by atoms with Crippen molar-refractivity contribution in [2.75, 3.05) is 25.0 Å². The van der Waals surface area contributed by atoms with E-state index in [1.54, 1.807) is 0 Å². The lowest BCUT2D eigenvalue weighted by atomic mass is 10.0. The van der Waals surface area contributed by atoms with Gasteiger partial charge in [-0.3, -0.25) is 4.90 Å². The first-order valence-electron chi connectivity index (χ1n) is 10.4. The van der Waals surface area contributed by atoms with Crippen LogP contribution in [0.15, 0.2) is 72.9 Å². The molecule has 29 heavy (non-hydrogen) atoms. The van der Waals surface area contributed by atoms with Gasteiger partial charge in [-0.25, -0.2) is 4.98 Å². The molecule has 2 aromatic carbocycles. The van der Waals surface area contributed by atoms with Gasteiger partial charge in [-0.15, -0.1) is 0 Å². The summed E-state index contributed by atoms with van der Waals surface area (Å²) in [4.78, 5) is 7.09. The third-order valence-corrected chi connectivity index (χ3v) is 5.40. The van der Waals surface area contributed by atoms with E-state index in [-0.39, 0.29) is 6.10 Å². The number of nitrogens with one attached hydrogen (secondary N) is 1. The zero-order valence-corrected chi connectivity index (χ0v) is 17.2. The van der Waals surface area contributed by atoms with Gasteiger partial charge >= 0.3 is 0 Å². The first-order valence-corrected chi connectivity index (χ1v) is 10.4. The summed E-state index contributed by atoms with van der Waals surface area (Å²) in [6.45, 7) is 7.93. The minimum absolute atomic E-state index is 0.145. The average molecular weight is 388 g/mol. The molecule has 1 aromatic heterocycles. The van der Waals surface area contributed by atoms with Gasteiger partial charge in [-0.05, 0) is 34.7 Å². The fraction of sp³-hybridized carbons (Fsp3) is 0.320. The molecule has 3 aromatic rings. The molecule has 150 valence electrons. The number of hydrogen-bond acceptors (Lipinski definition) is 4. The van der Waals surface area contributed by atoms with Crippen molar-refractivity contribution >= 4 is 11.5 Å². The number of aromatic nitrogens is 1. The molecule has 1 aliphatic heterocycles. The maximum atomic E-state index is 5.98. The van der Waals surface area contributed by atoms with Crippen LogP contribution < -0.4 is 5.32 Å². The number of benzene rings is 2. The highest BCUT2D eigenvalue weighted by Crippen LogP contribution is 2.27. The monoisotopic (exact) mass is 387 g/mol. The quantitative estimate of drug-likeness (QED) is 0.604. The maximum absolute atomic E-state index is 5.98. The second-order valence-corrected chi connectivity index (χ2v) is 7.92. The fourth-order valence-corrected chi connectivity index (χ4v) is 3.82. The van der Waals surface area contributed by atoms with Gasteiger partial charge in [0.05, 0.1) is 12.7 Å². The van der Waals surface area contributed by atoms with Crippen LogP contribution in [-0.4, -0.2) is 29.6 Å². The van der Waals surface area contributed by atoms with Crippen molar-refractivity contribution in [2.45, 2.75) is 32.4 Å². The number of hydrogen-bond donors (Lipinski definition) is 1. The third kappa shape index (κ3) is 5.03. The predicted molar refractivity (Wildman–Crippen MR) is 118 cm³/mol. The van der Waals surface area contributed by atoms with Gasteiger partial charge in [0.1, 0.15) is 5.82 Å². The van der Waals surface area contributed by atoms with Gasteiger partial charge in [0.15, 0.2) is 0 Å². The molecular formula is C25H29N3O. The lowest BCUT2D eigenvalue weighted by Crippen LogP contribution is -2.37. The summed E-state index contributed by atoms with van der Waals surface area (Å²) in [6.07, 6.45) is 2.12. The van der Waals surface area contributed by atoms with Crippen LogP contribution in [-0.2, 0) is 11.3 Å². The van der Waals surface area contributed by atoms with E-state index in [0.29, 0.717) is 5.92 Å². The van der Waals surface area contributed by atoms with Crippen LogP contribution in [0, 0.1) is 0 Å². The summed E-state index contributed by atoms with van der Waals surface area (Å²) in [5, 5.41) is 3.47. The molecule has 4 heteroatoms. The number of anilines is 2. The molecule has 1 fully saturated rings. The summed E-state index contributed by atoms with van der Waals surface area (Å²) in [7, 11) is 0. The van der Waals surface area contributed by atoms with Gasteiger partial charge in [0.25, 0.3) is 0 Å². The third-order valence-electron chi connectivity index (χ3n) is 5.40. The predicted octanol–water partition coefficient (Wildman–Crippen LogP) is 5.52. The summed E-state index contributed by atoms with van der Waals surface area (Å²) < 4.78 is 5.98. The Morgan fingerprint density at radius 1 is 1.03 bits per heavy atom. The molecule has 1 aliphatic rings. The molecule has 0 unspecified atom stereocenters. The highest BCUT2D eigenvalue weighted by molar-refractivity contribution is 5.61. The van der Waals surface area contributed by atoms with Crippen LogP contribution >= 0.6 is 0 Å². The van der Waals surface area contributed by atoms with E-state index < -0.39 is 0 Å². The Morgan fingerprint density at radius 3 is 2.59 bits per heavy atom. The summed E-state index contributed by atoms with van der Waals surface area (Å²) >= 11 is 0. The van der Waals surface area contributed by atoms with Crippen LogP contribution in [0.4, 0.5) is 11.5 Å². The van der Waals surface area contributed by atoms with Crippen LogP contribution in [0.1, 0.15) is 42.6 Å². The lowest BCUT2D eigenvalue weighted by Gasteiger charge is -2.33. The van der Waals surface area contributed by atoms with E-state index in [1.165, 1.54) is 16.7 Å². The normalized spacial score (nSPS) is 17.4. The number of rotatable bonds is 6. The van der Waals surface area contributed by atoms with Crippen molar-refractivity contribution in [3.63, 3.8) is 0 Å². The molecule has 1 atom stereocenters. The molecule has 0 spiro atoms. The smallest absolute Gasteiger partial charge is 0.130 e. The van der Waals surface area contributed by atoms with Crippen molar-refractivity contribution in [1.29, 1.82) is 0 Å². The van der Waals surface area contributed by atoms with E-state index in [1.807, 2.05) is 12.3 Å². The van der Waals surface area contributed by atoms with Gasteiger partial charge in [-0.1, -0.05) is 68.4 Å². The van der Waals surface area contributed by atoms with Gasteiger partial charge < -0.3 is 10.1 Å². The first kappa shape index (κ1) is 19.6. The highest BCUT2D eigenvalue weighted by Gasteiger charge is 2.21. The lowest BCUT2D eigenvalue weighted by molar-refractivity contribution is -0.0329. The standard InChI is InChI=1S/C25H29N3O/c1-19(2)22-10-6-7-11-23(22)27-25-13-12-20(16-26-25)17-28-14-15-29-24(18-28)21-8-4-3-5-9-21/h3-13,16,19,24H,14-15,17-18H2,1-2H3,(H,26,27)/t24-/m1/s1. The van der Waals surface area contributed by atoms with Crippen molar-refractivity contribution in [2.24, 2.45) is 0 Å². The SMILES string of the molecule is CC(C)c1ccccc1Nc1ccc(CN2CCO[C@@H](c3ccccc3)C2)cn1. The fourth-order valence-electron chi connectivity index (χ4n) is 3.82. The second-order valence-electron chi connectivity index (χ2n) is 7.92. The maximum Gasteiger partial charge on any atom is 0.130 e. The number of morpholine rings is 1. The number of nitrogens with zero attached hydrogens (tertiary/aromatic N) is 2. The number of ether oxygens (including phenoxy) is 1. The molecule has 2 heterocycles. The molecule has 4 nitrogen and oxygen atoms in total. The van der Waals surface area contributed by atoms with Crippen LogP contribution in [0.3, 0.4) is 0 Å². The molecule has 0 amide bonds. The number of pyridine rings is 1. The molecule has 0 saturated carbocycles. The topological polar surface area (TPSA) is 37.4 Å². The van der Waals surface area contributed by atoms with E-state index in [4.69, 9.17) is 4.74 Å². The van der Waals surface area contributed by atoms with Gasteiger partial charge in [0.2, 0.25) is 0 Å². The largest absolute Gasteiger partial charge is 0.371 e. The summed E-state index contributed by atoms with van der Waals surface area (Å²) in [5.74, 6) is 1.35. The van der Waals surface area contributed by atoms with Gasteiger partial charge in [0, 0.05) is 31.5 Å². The Balaban J connectivity index is 1.38. The van der Waals surface area contributed by atoms with Crippen LogP contribution in [0.25, 0.3) is 0 Å². The van der Waals surface area contributed by atoms with E-state index >= 15 is 0 Å². The van der Waals surface area contributed by atoms with Crippen molar-refractivity contribution in [1.82, 2.24) is 9.88 Å². The molecular weight excluding hydrogens is 358 g/mol. The highest BCUT2D eigenvalue weighted by atomic mass is 16.5. The Kier molecular flexibility index (Phi) is 6.23. The summed E-state index contributed by atoms with van der Waals surface area (Å²) in [5.41, 5.74) is 4.90.